The first kappa shape index (κ1) is 21.4. The molecule has 170 valence electrons. The number of hydrogen-bond acceptors (Lipinski definition) is 5. The Bertz CT molecular complexity index is 989. The molecule has 5 heteroatoms. The highest BCUT2D eigenvalue weighted by molar-refractivity contribution is 5.86. The Labute approximate surface area is 190 Å². The zero-order valence-corrected chi connectivity index (χ0v) is 18.9. The molecule has 2 aromatic rings. The quantitative estimate of drug-likeness (QED) is 0.693. The molecule has 32 heavy (non-hydrogen) atoms. The van der Waals surface area contributed by atoms with Crippen LogP contribution in [-0.2, 0) is 13.1 Å². The van der Waals surface area contributed by atoms with Crippen LogP contribution >= 0.6 is 0 Å². The van der Waals surface area contributed by atoms with Gasteiger partial charge in [-0.1, -0.05) is 18.9 Å². The molecule has 2 saturated heterocycles. The molecular formula is C27H34N2O3. The summed E-state index contributed by atoms with van der Waals surface area (Å²) in [6, 6.07) is 9.74. The molecule has 2 aromatic carbocycles. The van der Waals surface area contributed by atoms with E-state index in [2.05, 4.69) is 28.0 Å². The van der Waals surface area contributed by atoms with Crippen molar-refractivity contribution >= 4 is 11.6 Å². The van der Waals surface area contributed by atoms with Gasteiger partial charge in [0.05, 0.1) is 0 Å². The van der Waals surface area contributed by atoms with E-state index in [1.165, 1.54) is 38.5 Å². The van der Waals surface area contributed by atoms with Crippen molar-refractivity contribution in [2.24, 2.45) is 0 Å². The number of likely N-dealkylation sites (tertiary alicyclic amines) is 2. The van der Waals surface area contributed by atoms with Crippen LogP contribution in [0.25, 0.3) is 11.6 Å². The van der Waals surface area contributed by atoms with E-state index >= 15 is 0 Å². The number of ether oxygens (including phenoxy) is 1. The van der Waals surface area contributed by atoms with Gasteiger partial charge in [0, 0.05) is 35.8 Å². The predicted octanol–water partition coefficient (Wildman–Crippen LogP) is 5.00. The van der Waals surface area contributed by atoms with Crippen LogP contribution < -0.4 is 4.74 Å². The number of phenolic OH excluding ortho intramolecular Hbond substituents is 2. The van der Waals surface area contributed by atoms with Gasteiger partial charge in [-0.2, -0.15) is 0 Å². The van der Waals surface area contributed by atoms with Crippen LogP contribution in [0.4, 0.5) is 0 Å². The Morgan fingerprint density at radius 1 is 0.719 bits per heavy atom. The maximum atomic E-state index is 10.5. The molecule has 5 rings (SSSR count). The lowest BCUT2D eigenvalue weighted by atomic mass is 9.97. The van der Waals surface area contributed by atoms with Gasteiger partial charge in [-0.25, -0.2) is 0 Å². The summed E-state index contributed by atoms with van der Waals surface area (Å²) >= 11 is 0. The fourth-order valence-corrected chi connectivity index (χ4v) is 5.18. The van der Waals surface area contributed by atoms with E-state index in [1.807, 2.05) is 12.1 Å². The maximum Gasteiger partial charge on any atom is 0.130 e. The van der Waals surface area contributed by atoms with Gasteiger partial charge in [0.1, 0.15) is 23.9 Å². The van der Waals surface area contributed by atoms with Gasteiger partial charge >= 0.3 is 0 Å². The van der Waals surface area contributed by atoms with Crippen LogP contribution in [0.5, 0.6) is 17.2 Å². The van der Waals surface area contributed by atoms with Crippen molar-refractivity contribution in [1.29, 1.82) is 0 Å². The fraction of sp³-hybridized carbons (Fsp3) is 0.481. The van der Waals surface area contributed by atoms with Crippen molar-refractivity contribution in [2.45, 2.75) is 51.6 Å². The largest absolute Gasteiger partial charge is 0.508 e. The second-order valence-electron chi connectivity index (χ2n) is 9.49. The highest BCUT2D eigenvalue weighted by Gasteiger charge is 2.20. The summed E-state index contributed by atoms with van der Waals surface area (Å²) in [5, 5.41) is 21.0. The van der Waals surface area contributed by atoms with Crippen LogP contribution in [0.15, 0.2) is 30.3 Å². The summed E-state index contributed by atoms with van der Waals surface area (Å²) in [5.41, 5.74) is 5.15. The molecule has 2 N–H and O–H groups in total. The standard InChI is InChI=1S/C27H34N2O3/c30-25-8-7-20(13-22(25)17-28-9-3-1-4-10-28)24-15-21-14-23(18-29-11-5-2-6-12-29)26(31)16-27(21)32-19-24/h7-8,13-16,30-31H,1-6,9-12,17-19H2. The minimum Gasteiger partial charge on any atom is -0.508 e. The third kappa shape index (κ3) is 4.79. The summed E-state index contributed by atoms with van der Waals surface area (Å²) in [5.74, 6) is 1.42. The van der Waals surface area contributed by atoms with E-state index in [9.17, 15) is 10.2 Å². The third-order valence-electron chi connectivity index (χ3n) is 7.06. The van der Waals surface area contributed by atoms with E-state index in [0.717, 1.165) is 72.8 Å². The number of aromatic hydroxyl groups is 2. The monoisotopic (exact) mass is 434 g/mol. The molecule has 3 aliphatic rings. The predicted molar refractivity (Wildman–Crippen MR) is 128 cm³/mol. The topological polar surface area (TPSA) is 56.2 Å². The molecular weight excluding hydrogens is 400 g/mol. The van der Waals surface area contributed by atoms with E-state index in [4.69, 9.17) is 4.74 Å². The van der Waals surface area contributed by atoms with Crippen LogP contribution in [0.2, 0.25) is 0 Å². The molecule has 0 aromatic heterocycles. The lowest BCUT2D eigenvalue weighted by molar-refractivity contribution is 0.218. The zero-order chi connectivity index (χ0) is 21.9. The normalized spacial score (nSPS) is 19.8. The molecule has 0 amide bonds. The SMILES string of the molecule is Oc1ccc(C2=Cc3cc(CN4CCCCC4)c(O)cc3OC2)cc1CN1CCCCC1. The van der Waals surface area contributed by atoms with E-state index < -0.39 is 0 Å². The molecule has 0 unspecified atom stereocenters. The fourth-order valence-electron chi connectivity index (χ4n) is 5.18. The Kier molecular flexibility index (Phi) is 6.37. The maximum absolute atomic E-state index is 10.5. The van der Waals surface area contributed by atoms with Crippen molar-refractivity contribution < 1.29 is 14.9 Å². The number of phenols is 2. The summed E-state index contributed by atoms with van der Waals surface area (Å²) in [7, 11) is 0. The summed E-state index contributed by atoms with van der Waals surface area (Å²) in [6.07, 6.45) is 9.74. The van der Waals surface area contributed by atoms with Gasteiger partial charge in [-0.05, 0) is 87.3 Å². The molecule has 0 saturated carbocycles. The first-order chi connectivity index (χ1) is 15.7. The summed E-state index contributed by atoms with van der Waals surface area (Å²) < 4.78 is 6.02. The van der Waals surface area contributed by atoms with Crippen molar-refractivity contribution in [2.75, 3.05) is 32.8 Å². The smallest absolute Gasteiger partial charge is 0.130 e. The minimum absolute atomic E-state index is 0.319. The average Bonchev–Trinajstić information content (AvgIpc) is 2.82. The van der Waals surface area contributed by atoms with Crippen LogP contribution in [0.1, 0.15) is 60.8 Å². The minimum atomic E-state index is 0.319. The zero-order valence-electron chi connectivity index (χ0n) is 18.9. The Morgan fingerprint density at radius 2 is 1.34 bits per heavy atom. The van der Waals surface area contributed by atoms with E-state index in [-0.39, 0.29) is 0 Å². The molecule has 0 spiro atoms. The molecule has 0 radical (unpaired) electrons. The molecule has 0 aliphatic carbocycles. The summed E-state index contributed by atoms with van der Waals surface area (Å²) in [6.45, 7) is 6.44. The molecule has 3 aliphatic heterocycles. The lowest BCUT2D eigenvalue weighted by Gasteiger charge is -2.28. The van der Waals surface area contributed by atoms with Crippen molar-refractivity contribution in [3.63, 3.8) is 0 Å². The van der Waals surface area contributed by atoms with Gasteiger partial charge in [-0.3, -0.25) is 9.80 Å². The molecule has 5 nitrogen and oxygen atoms in total. The molecule has 3 heterocycles. The number of fused-ring (bicyclic) bond motifs is 1. The number of rotatable bonds is 5. The van der Waals surface area contributed by atoms with Gasteiger partial charge in [0.25, 0.3) is 0 Å². The van der Waals surface area contributed by atoms with Crippen molar-refractivity contribution in [1.82, 2.24) is 9.80 Å². The third-order valence-corrected chi connectivity index (χ3v) is 7.06. The van der Waals surface area contributed by atoms with Gasteiger partial charge in [0.2, 0.25) is 0 Å². The first-order valence-corrected chi connectivity index (χ1v) is 12.1. The van der Waals surface area contributed by atoms with Crippen LogP contribution in [-0.4, -0.2) is 52.8 Å². The van der Waals surface area contributed by atoms with Crippen molar-refractivity contribution in [3.05, 3.63) is 52.6 Å². The number of benzene rings is 2. The average molecular weight is 435 g/mol. The number of hydrogen-bond donors (Lipinski definition) is 2. The van der Waals surface area contributed by atoms with E-state index in [1.54, 1.807) is 6.07 Å². The first-order valence-electron chi connectivity index (χ1n) is 12.1. The number of piperidine rings is 2. The van der Waals surface area contributed by atoms with Crippen LogP contribution in [0.3, 0.4) is 0 Å². The lowest BCUT2D eigenvalue weighted by Crippen LogP contribution is -2.29. The molecule has 0 atom stereocenters. The summed E-state index contributed by atoms with van der Waals surface area (Å²) in [4.78, 5) is 4.85. The van der Waals surface area contributed by atoms with E-state index in [0.29, 0.717) is 18.1 Å². The number of nitrogens with zero attached hydrogens (tertiary/aromatic N) is 2. The van der Waals surface area contributed by atoms with Gasteiger partial charge in [0.15, 0.2) is 0 Å². The Hall–Kier alpha value is -2.50. The Balaban J connectivity index is 1.38. The van der Waals surface area contributed by atoms with Crippen LogP contribution in [0, 0.1) is 0 Å². The van der Waals surface area contributed by atoms with Gasteiger partial charge in [-0.15, -0.1) is 0 Å². The highest BCUT2D eigenvalue weighted by Crippen LogP contribution is 2.37. The second-order valence-corrected chi connectivity index (χ2v) is 9.49. The second kappa shape index (κ2) is 9.55. The molecule has 0 bridgehead atoms. The highest BCUT2D eigenvalue weighted by atomic mass is 16.5. The van der Waals surface area contributed by atoms with Gasteiger partial charge < -0.3 is 14.9 Å². The van der Waals surface area contributed by atoms with Crippen molar-refractivity contribution in [3.8, 4) is 17.2 Å². The Morgan fingerprint density at radius 3 is 2.00 bits per heavy atom. The molecule has 2 fully saturated rings.